The van der Waals surface area contributed by atoms with E-state index in [9.17, 15) is 4.79 Å². The van der Waals surface area contributed by atoms with E-state index in [0.717, 1.165) is 25.2 Å². The van der Waals surface area contributed by atoms with Crippen molar-refractivity contribution < 1.29 is 14.3 Å². The average molecular weight is 318 g/mol. The van der Waals surface area contributed by atoms with Crippen molar-refractivity contribution in [1.82, 2.24) is 9.88 Å². The Kier molecular flexibility index (Phi) is 4.85. The quantitative estimate of drug-likeness (QED) is 0.809. The normalized spacial score (nSPS) is 22.4. The van der Waals surface area contributed by atoms with Gasteiger partial charge in [-0.15, -0.1) is 0 Å². The third kappa shape index (κ3) is 3.66. The number of hydrogen-bond donors (Lipinski definition) is 0. The first kappa shape index (κ1) is 16.2. The lowest BCUT2D eigenvalue weighted by Gasteiger charge is -2.50. The van der Waals surface area contributed by atoms with Crippen molar-refractivity contribution in [2.45, 2.75) is 38.7 Å². The molecular weight excluding hydrogens is 292 g/mol. The molecule has 0 saturated carbocycles. The Hall–Kier alpha value is -1.62. The number of amides is 1. The molecule has 2 fully saturated rings. The molecule has 5 heteroatoms. The van der Waals surface area contributed by atoms with Crippen LogP contribution in [0.2, 0.25) is 0 Å². The molecule has 1 atom stereocenters. The highest BCUT2D eigenvalue weighted by Crippen LogP contribution is 2.40. The van der Waals surface area contributed by atoms with Gasteiger partial charge in [-0.3, -0.25) is 9.78 Å². The van der Waals surface area contributed by atoms with Gasteiger partial charge in [-0.25, -0.2) is 0 Å². The van der Waals surface area contributed by atoms with Gasteiger partial charge in [0.05, 0.1) is 25.9 Å². The van der Waals surface area contributed by atoms with Crippen LogP contribution < -0.4 is 4.74 Å². The zero-order valence-corrected chi connectivity index (χ0v) is 14.0. The lowest BCUT2D eigenvalue weighted by molar-refractivity contribution is -0.167. The maximum Gasteiger partial charge on any atom is 0.222 e. The summed E-state index contributed by atoms with van der Waals surface area (Å²) in [4.78, 5) is 18.2. The molecule has 0 N–H and O–H groups in total. The van der Waals surface area contributed by atoms with Crippen LogP contribution >= 0.6 is 0 Å². The van der Waals surface area contributed by atoms with Crippen molar-refractivity contribution in [3.63, 3.8) is 0 Å². The number of pyridine rings is 1. The van der Waals surface area contributed by atoms with Crippen molar-refractivity contribution in [1.29, 1.82) is 0 Å². The zero-order chi connectivity index (χ0) is 16.3. The van der Waals surface area contributed by atoms with Gasteiger partial charge in [0.25, 0.3) is 0 Å². The van der Waals surface area contributed by atoms with Crippen LogP contribution in [0.3, 0.4) is 0 Å². The number of ether oxygens (including phenoxy) is 2. The summed E-state index contributed by atoms with van der Waals surface area (Å²) in [5.74, 6) is 1.96. The summed E-state index contributed by atoms with van der Waals surface area (Å²) in [6, 6.07) is 3.78. The summed E-state index contributed by atoms with van der Waals surface area (Å²) in [5.41, 5.74) is -0.185. The van der Waals surface area contributed by atoms with E-state index >= 15 is 0 Å². The van der Waals surface area contributed by atoms with Crippen LogP contribution in [0.25, 0.3) is 0 Å². The van der Waals surface area contributed by atoms with E-state index in [1.54, 1.807) is 12.4 Å². The van der Waals surface area contributed by atoms with Crippen LogP contribution in [-0.2, 0) is 9.53 Å². The lowest BCUT2D eigenvalue weighted by atomic mass is 9.81. The molecular formula is C18H26N2O3. The molecule has 23 heavy (non-hydrogen) atoms. The molecule has 2 aliphatic heterocycles. The highest BCUT2D eigenvalue weighted by molar-refractivity contribution is 5.77. The van der Waals surface area contributed by atoms with E-state index in [2.05, 4.69) is 18.8 Å². The van der Waals surface area contributed by atoms with Gasteiger partial charge in [-0.05, 0) is 30.9 Å². The van der Waals surface area contributed by atoms with Crippen LogP contribution in [0.1, 0.15) is 33.1 Å². The summed E-state index contributed by atoms with van der Waals surface area (Å²) >= 11 is 0. The number of hydrogen-bond acceptors (Lipinski definition) is 4. The van der Waals surface area contributed by atoms with Gasteiger partial charge < -0.3 is 14.4 Å². The summed E-state index contributed by atoms with van der Waals surface area (Å²) in [6.45, 7) is 7.11. The first-order chi connectivity index (χ1) is 11.1. The molecule has 3 heterocycles. The van der Waals surface area contributed by atoms with Crippen molar-refractivity contribution in [3.8, 4) is 5.75 Å². The van der Waals surface area contributed by atoms with E-state index in [0.29, 0.717) is 38.0 Å². The minimum Gasteiger partial charge on any atom is -0.492 e. The molecule has 126 valence electrons. The second kappa shape index (κ2) is 6.87. The highest BCUT2D eigenvalue weighted by atomic mass is 16.5. The fourth-order valence-electron chi connectivity index (χ4n) is 3.35. The predicted octanol–water partition coefficient (Wildman–Crippen LogP) is 2.51. The largest absolute Gasteiger partial charge is 0.492 e. The minimum absolute atomic E-state index is 0.185. The predicted molar refractivity (Wildman–Crippen MR) is 87.2 cm³/mol. The van der Waals surface area contributed by atoms with E-state index in [-0.39, 0.29) is 11.5 Å². The highest BCUT2D eigenvalue weighted by Gasteiger charge is 2.54. The second-order valence-corrected chi connectivity index (χ2v) is 7.08. The lowest BCUT2D eigenvalue weighted by Crippen LogP contribution is -2.66. The van der Waals surface area contributed by atoms with Gasteiger partial charge in [0.15, 0.2) is 0 Å². The molecule has 5 nitrogen and oxygen atoms in total. The van der Waals surface area contributed by atoms with Crippen molar-refractivity contribution in [2.75, 3.05) is 26.3 Å². The molecule has 2 saturated heterocycles. The number of aromatic nitrogens is 1. The standard InChI is InChI=1S/C18H26N2O3/c1-14(2)5-6-17(21)20-12-18(13-20)15(7-9-23-18)11-22-16-4-3-8-19-10-16/h3-4,8,10,14-15H,5-7,9,11-13H2,1-2H3/t15-/m0/s1. The Bertz CT molecular complexity index is 526. The number of likely N-dealkylation sites (tertiary alicyclic amines) is 1. The molecule has 1 amide bonds. The fraction of sp³-hybridized carbons (Fsp3) is 0.667. The molecule has 0 aliphatic carbocycles. The van der Waals surface area contributed by atoms with Gasteiger partial charge >= 0.3 is 0 Å². The smallest absolute Gasteiger partial charge is 0.222 e. The van der Waals surface area contributed by atoms with Crippen LogP contribution in [0, 0.1) is 11.8 Å². The van der Waals surface area contributed by atoms with Crippen LogP contribution in [-0.4, -0.2) is 47.7 Å². The second-order valence-electron chi connectivity index (χ2n) is 7.08. The Morgan fingerprint density at radius 1 is 1.52 bits per heavy atom. The number of nitrogens with zero attached hydrogens (tertiary/aromatic N) is 2. The molecule has 0 radical (unpaired) electrons. The number of carbonyl (C=O) groups is 1. The molecule has 0 unspecified atom stereocenters. The molecule has 1 aromatic rings. The molecule has 3 rings (SSSR count). The Morgan fingerprint density at radius 3 is 3.04 bits per heavy atom. The topological polar surface area (TPSA) is 51.7 Å². The maximum atomic E-state index is 12.2. The third-order valence-corrected chi connectivity index (χ3v) is 4.89. The monoisotopic (exact) mass is 318 g/mol. The number of rotatable bonds is 6. The third-order valence-electron chi connectivity index (χ3n) is 4.89. The molecule has 2 aliphatic rings. The van der Waals surface area contributed by atoms with E-state index in [1.165, 1.54) is 0 Å². The Balaban J connectivity index is 1.49. The van der Waals surface area contributed by atoms with Crippen molar-refractivity contribution in [3.05, 3.63) is 24.5 Å². The van der Waals surface area contributed by atoms with Gasteiger partial charge in [-0.1, -0.05) is 13.8 Å². The summed E-state index contributed by atoms with van der Waals surface area (Å²) < 4.78 is 11.8. The zero-order valence-electron chi connectivity index (χ0n) is 14.0. The molecule has 1 aromatic heterocycles. The van der Waals surface area contributed by atoms with Crippen LogP contribution in [0.5, 0.6) is 5.75 Å². The summed E-state index contributed by atoms with van der Waals surface area (Å²) in [7, 11) is 0. The van der Waals surface area contributed by atoms with Crippen LogP contribution in [0.15, 0.2) is 24.5 Å². The van der Waals surface area contributed by atoms with Crippen molar-refractivity contribution in [2.24, 2.45) is 11.8 Å². The first-order valence-electron chi connectivity index (χ1n) is 8.53. The van der Waals surface area contributed by atoms with E-state index in [4.69, 9.17) is 9.47 Å². The average Bonchev–Trinajstić information content (AvgIpc) is 2.94. The van der Waals surface area contributed by atoms with E-state index < -0.39 is 0 Å². The van der Waals surface area contributed by atoms with Gasteiger partial charge in [0.1, 0.15) is 11.4 Å². The van der Waals surface area contributed by atoms with Gasteiger partial charge in [0.2, 0.25) is 5.91 Å². The Labute approximate surface area is 138 Å². The van der Waals surface area contributed by atoms with Gasteiger partial charge in [-0.2, -0.15) is 0 Å². The fourth-order valence-corrected chi connectivity index (χ4v) is 3.35. The van der Waals surface area contributed by atoms with Crippen LogP contribution in [0.4, 0.5) is 0 Å². The molecule has 1 spiro atoms. The minimum atomic E-state index is -0.185. The van der Waals surface area contributed by atoms with Gasteiger partial charge in [0, 0.05) is 25.1 Å². The number of carbonyl (C=O) groups excluding carboxylic acids is 1. The summed E-state index contributed by atoms with van der Waals surface area (Å²) in [6.07, 6.45) is 6.06. The molecule has 0 bridgehead atoms. The first-order valence-corrected chi connectivity index (χ1v) is 8.53. The maximum absolute atomic E-state index is 12.2. The van der Waals surface area contributed by atoms with E-state index in [1.807, 2.05) is 17.0 Å². The summed E-state index contributed by atoms with van der Waals surface area (Å²) in [5, 5.41) is 0. The van der Waals surface area contributed by atoms with Crippen molar-refractivity contribution >= 4 is 5.91 Å². The Morgan fingerprint density at radius 2 is 2.35 bits per heavy atom. The molecule has 0 aromatic carbocycles. The SMILES string of the molecule is CC(C)CCC(=O)N1CC2(C1)OCC[C@H]2COc1cccnc1.